The number of carbonyl (C=O) groups is 1. The molecule has 7 nitrogen and oxygen atoms in total. The molecule has 2 aromatic rings. The van der Waals surface area contributed by atoms with Crippen molar-refractivity contribution in [1.82, 2.24) is 15.5 Å². The lowest BCUT2D eigenvalue weighted by Gasteiger charge is -2.23. The van der Waals surface area contributed by atoms with Crippen molar-refractivity contribution in [1.29, 1.82) is 0 Å². The van der Waals surface area contributed by atoms with E-state index in [1.807, 2.05) is 13.0 Å². The Morgan fingerprint density at radius 1 is 1.39 bits per heavy atom. The van der Waals surface area contributed by atoms with Crippen LogP contribution >= 0.6 is 0 Å². The highest BCUT2D eigenvalue weighted by molar-refractivity contribution is 5.79. The van der Waals surface area contributed by atoms with Gasteiger partial charge in [0.05, 0.1) is 11.7 Å². The van der Waals surface area contributed by atoms with Crippen molar-refractivity contribution < 1.29 is 19.7 Å². The molecule has 1 aromatic heterocycles. The Kier molecular flexibility index (Phi) is 4.91. The number of rotatable bonds is 4. The first-order valence-electron chi connectivity index (χ1n) is 7.44. The minimum absolute atomic E-state index is 0.112. The highest BCUT2D eigenvalue weighted by Gasteiger charge is 2.23. The molecular formula is C16H23N3O4. The van der Waals surface area contributed by atoms with Gasteiger partial charge in [0.1, 0.15) is 17.8 Å². The van der Waals surface area contributed by atoms with Gasteiger partial charge < -0.3 is 20.3 Å². The topological polar surface area (TPSA) is 107 Å². The maximum atomic E-state index is 11.6. The van der Waals surface area contributed by atoms with Crippen LogP contribution in [-0.4, -0.2) is 44.8 Å². The number of fused-ring (bicyclic) bond motifs is 1. The Hall–Kier alpha value is -2.12. The van der Waals surface area contributed by atoms with Gasteiger partial charge in [-0.15, -0.1) is 0 Å². The molecule has 2 rings (SSSR count). The third-order valence-corrected chi connectivity index (χ3v) is 3.36. The van der Waals surface area contributed by atoms with Crippen LogP contribution in [0.1, 0.15) is 38.0 Å². The molecule has 1 amide bonds. The van der Waals surface area contributed by atoms with E-state index in [-0.39, 0.29) is 6.54 Å². The number of ether oxygens (including phenoxy) is 1. The number of hydrogen-bond donors (Lipinski definition) is 4. The minimum Gasteiger partial charge on any atom is -0.444 e. The van der Waals surface area contributed by atoms with Crippen molar-refractivity contribution in [3.63, 3.8) is 0 Å². The van der Waals surface area contributed by atoms with Crippen LogP contribution in [0.3, 0.4) is 0 Å². The van der Waals surface area contributed by atoms with E-state index in [1.165, 1.54) is 0 Å². The van der Waals surface area contributed by atoms with Crippen molar-refractivity contribution in [2.24, 2.45) is 0 Å². The molecule has 0 aliphatic heterocycles. The molecule has 1 aromatic carbocycles. The molecule has 0 spiro atoms. The number of H-pyrrole nitrogens is 1. The highest BCUT2D eigenvalue weighted by atomic mass is 16.6. The number of aromatic amines is 1. The summed E-state index contributed by atoms with van der Waals surface area (Å²) >= 11 is 0. The molecule has 0 radical (unpaired) electrons. The predicted octanol–water partition coefficient (Wildman–Crippen LogP) is 1.79. The fourth-order valence-electron chi connectivity index (χ4n) is 2.26. The summed E-state index contributed by atoms with van der Waals surface area (Å²) in [5, 5.41) is 30.5. The van der Waals surface area contributed by atoms with Gasteiger partial charge in [0, 0.05) is 11.9 Å². The number of carbonyl (C=O) groups excluding carboxylic acids is 1. The molecule has 0 saturated carbocycles. The number of amides is 1. The van der Waals surface area contributed by atoms with Crippen LogP contribution in [0.15, 0.2) is 18.3 Å². The number of alkyl carbamates (subject to hydrolysis) is 1. The Morgan fingerprint density at radius 2 is 2.09 bits per heavy atom. The van der Waals surface area contributed by atoms with Crippen LogP contribution in [0.2, 0.25) is 0 Å². The van der Waals surface area contributed by atoms with Gasteiger partial charge in [-0.1, -0.05) is 0 Å². The summed E-state index contributed by atoms with van der Waals surface area (Å²) in [5.41, 5.74) is 1.67. The zero-order valence-corrected chi connectivity index (χ0v) is 13.8. The lowest BCUT2D eigenvalue weighted by atomic mass is 9.98. The smallest absolute Gasteiger partial charge is 0.407 e. The normalized spacial score (nSPS) is 14.5. The molecule has 23 heavy (non-hydrogen) atoms. The molecule has 1 heterocycles. The molecule has 0 bridgehead atoms. The van der Waals surface area contributed by atoms with E-state index < -0.39 is 23.9 Å². The fraction of sp³-hybridized carbons (Fsp3) is 0.500. The van der Waals surface area contributed by atoms with Gasteiger partial charge in [-0.05, 0) is 51.0 Å². The first-order valence-corrected chi connectivity index (χ1v) is 7.44. The van der Waals surface area contributed by atoms with Gasteiger partial charge in [0.25, 0.3) is 0 Å². The van der Waals surface area contributed by atoms with Crippen molar-refractivity contribution in [3.05, 3.63) is 29.5 Å². The van der Waals surface area contributed by atoms with Crippen molar-refractivity contribution in [2.45, 2.75) is 45.5 Å². The Bertz CT molecular complexity index is 690. The maximum absolute atomic E-state index is 11.6. The van der Waals surface area contributed by atoms with Gasteiger partial charge in [-0.2, -0.15) is 5.10 Å². The van der Waals surface area contributed by atoms with Crippen LogP contribution in [0.25, 0.3) is 10.9 Å². The van der Waals surface area contributed by atoms with E-state index in [1.54, 1.807) is 33.0 Å². The summed E-state index contributed by atoms with van der Waals surface area (Å²) < 4.78 is 5.09. The molecule has 4 N–H and O–H groups in total. The van der Waals surface area contributed by atoms with Gasteiger partial charge in [-0.3, -0.25) is 5.10 Å². The number of nitrogens with one attached hydrogen (secondary N) is 2. The number of aliphatic hydroxyl groups is 2. The number of benzene rings is 1. The fourth-order valence-corrected chi connectivity index (χ4v) is 2.26. The van der Waals surface area contributed by atoms with E-state index in [9.17, 15) is 15.0 Å². The monoisotopic (exact) mass is 321 g/mol. The van der Waals surface area contributed by atoms with E-state index in [4.69, 9.17) is 4.74 Å². The second-order valence-electron chi connectivity index (χ2n) is 6.56. The van der Waals surface area contributed by atoms with Crippen molar-refractivity contribution in [3.8, 4) is 0 Å². The Morgan fingerprint density at radius 3 is 2.74 bits per heavy atom. The van der Waals surface area contributed by atoms with Gasteiger partial charge >= 0.3 is 6.09 Å². The zero-order chi connectivity index (χ0) is 17.2. The lowest BCUT2D eigenvalue weighted by Crippen LogP contribution is -2.39. The van der Waals surface area contributed by atoms with Crippen molar-refractivity contribution >= 4 is 17.0 Å². The summed E-state index contributed by atoms with van der Waals surface area (Å²) in [6.45, 7) is 6.98. The molecule has 0 aliphatic carbocycles. The Labute approximate surface area is 134 Å². The lowest BCUT2D eigenvalue weighted by molar-refractivity contribution is 0.0127. The molecule has 7 heteroatoms. The first-order chi connectivity index (χ1) is 10.7. The molecule has 2 unspecified atom stereocenters. The molecule has 0 aliphatic rings. The standard InChI is InChI=1S/C16H23N3O4/c1-9-5-12-10(7-18-19-12)6-11(9)14(21)13(20)8-17-15(22)23-16(2,3)4/h5-7,13-14,20-21H,8H2,1-4H3,(H,17,22)(H,18,19). The Balaban J connectivity index is 2.02. The van der Waals surface area contributed by atoms with E-state index >= 15 is 0 Å². The number of aryl methyl sites for hydroxylation is 1. The number of nitrogens with zero attached hydrogens (tertiary/aromatic N) is 1. The third-order valence-electron chi connectivity index (χ3n) is 3.36. The highest BCUT2D eigenvalue weighted by Crippen LogP contribution is 2.25. The summed E-state index contributed by atoms with van der Waals surface area (Å²) in [4.78, 5) is 11.6. The maximum Gasteiger partial charge on any atom is 0.407 e. The average molecular weight is 321 g/mol. The van der Waals surface area contributed by atoms with Crippen LogP contribution < -0.4 is 5.32 Å². The quantitative estimate of drug-likeness (QED) is 0.687. The number of hydrogen-bond acceptors (Lipinski definition) is 5. The second kappa shape index (κ2) is 6.55. The summed E-state index contributed by atoms with van der Waals surface area (Å²) in [6.07, 6.45) is -1.25. The van der Waals surface area contributed by atoms with Gasteiger partial charge in [0.15, 0.2) is 0 Å². The summed E-state index contributed by atoms with van der Waals surface area (Å²) in [7, 11) is 0. The largest absolute Gasteiger partial charge is 0.444 e. The molecular weight excluding hydrogens is 298 g/mol. The molecule has 0 fully saturated rings. The average Bonchev–Trinajstić information content (AvgIpc) is 2.88. The molecule has 126 valence electrons. The van der Waals surface area contributed by atoms with E-state index in [0.29, 0.717) is 5.56 Å². The van der Waals surface area contributed by atoms with Gasteiger partial charge in [0.2, 0.25) is 0 Å². The zero-order valence-electron chi connectivity index (χ0n) is 13.8. The summed E-state index contributed by atoms with van der Waals surface area (Å²) in [6, 6.07) is 3.63. The molecule has 0 saturated heterocycles. The van der Waals surface area contributed by atoms with Crippen molar-refractivity contribution in [2.75, 3.05) is 6.54 Å². The number of aliphatic hydroxyl groups excluding tert-OH is 2. The predicted molar refractivity (Wildman–Crippen MR) is 86.0 cm³/mol. The number of aromatic nitrogens is 2. The van der Waals surface area contributed by atoms with E-state index in [2.05, 4.69) is 15.5 Å². The molecule has 2 atom stereocenters. The van der Waals surface area contributed by atoms with Gasteiger partial charge in [-0.25, -0.2) is 4.79 Å². The summed E-state index contributed by atoms with van der Waals surface area (Å²) in [5.74, 6) is 0. The third kappa shape index (κ3) is 4.43. The van der Waals surface area contributed by atoms with Crippen LogP contribution in [0.4, 0.5) is 4.79 Å². The first kappa shape index (κ1) is 17.2. The van der Waals surface area contributed by atoms with Crippen LogP contribution in [0.5, 0.6) is 0 Å². The van der Waals surface area contributed by atoms with Crippen LogP contribution in [-0.2, 0) is 4.74 Å². The van der Waals surface area contributed by atoms with E-state index in [0.717, 1.165) is 16.5 Å². The second-order valence-corrected chi connectivity index (χ2v) is 6.56. The minimum atomic E-state index is -1.15. The SMILES string of the molecule is Cc1cc2[nH]ncc2cc1C(O)C(O)CNC(=O)OC(C)(C)C. The van der Waals surface area contributed by atoms with Crippen LogP contribution in [0, 0.1) is 6.92 Å².